The summed E-state index contributed by atoms with van der Waals surface area (Å²) in [5.41, 5.74) is 0. The molecule has 0 aromatic carbocycles. The van der Waals surface area contributed by atoms with Crippen molar-refractivity contribution >= 4 is 37.6 Å². The van der Waals surface area contributed by atoms with Crippen LogP contribution in [-0.2, 0) is 10.0 Å². The number of nitrogens with zero attached hydrogens (tertiary/aromatic N) is 2. The Morgan fingerprint density at radius 1 is 1.59 bits per heavy atom. The summed E-state index contributed by atoms with van der Waals surface area (Å²) in [6.07, 6.45) is 1.42. The van der Waals surface area contributed by atoms with Gasteiger partial charge in [0.15, 0.2) is 0 Å². The summed E-state index contributed by atoms with van der Waals surface area (Å²) in [6, 6.07) is 1.39. The van der Waals surface area contributed by atoms with Crippen molar-refractivity contribution in [3.8, 4) is 0 Å². The highest BCUT2D eigenvalue weighted by Crippen LogP contribution is 2.25. The third kappa shape index (κ3) is 3.38. The molecule has 0 aliphatic heterocycles. The summed E-state index contributed by atoms with van der Waals surface area (Å²) < 4.78 is 26.1. The third-order valence-corrected chi connectivity index (χ3v) is 4.93. The predicted molar refractivity (Wildman–Crippen MR) is 68.5 cm³/mol. The number of aliphatic hydroxyl groups is 1. The molecule has 8 heteroatoms. The molecule has 0 amide bonds. The van der Waals surface area contributed by atoms with Crippen molar-refractivity contribution in [1.29, 1.82) is 0 Å². The Hall–Kier alpha value is -0.210. The van der Waals surface area contributed by atoms with Crippen molar-refractivity contribution in [3.63, 3.8) is 0 Å². The first-order valence-corrected chi connectivity index (χ1v) is 7.46. The van der Waals surface area contributed by atoms with Crippen LogP contribution in [0.1, 0.15) is 6.92 Å². The maximum absolute atomic E-state index is 12.2. The van der Waals surface area contributed by atoms with E-state index in [1.807, 2.05) is 0 Å². The molecule has 17 heavy (non-hydrogen) atoms. The molecular formula is C9H12BrClN2O3S. The van der Waals surface area contributed by atoms with Crippen LogP contribution < -0.4 is 0 Å². The van der Waals surface area contributed by atoms with Gasteiger partial charge in [-0.1, -0.05) is 18.5 Å². The normalized spacial score (nSPS) is 12.1. The summed E-state index contributed by atoms with van der Waals surface area (Å²) in [4.78, 5) is 3.71. The van der Waals surface area contributed by atoms with Gasteiger partial charge >= 0.3 is 0 Å². The van der Waals surface area contributed by atoms with Gasteiger partial charge in [-0.05, 0) is 22.0 Å². The van der Waals surface area contributed by atoms with E-state index in [0.717, 1.165) is 4.31 Å². The molecule has 0 atom stereocenters. The first-order chi connectivity index (χ1) is 7.93. The Labute approximate surface area is 114 Å². The standard InChI is InChI=1S/C9H12BrClN2O3S/c1-2-13(3-4-14)17(15,16)8-5-7(10)6-12-9(8)11/h5-6,14H,2-4H2,1H3. The highest BCUT2D eigenvalue weighted by molar-refractivity contribution is 9.10. The van der Waals surface area contributed by atoms with Gasteiger partial charge in [0.05, 0.1) is 6.61 Å². The molecule has 0 bridgehead atoms. The smallest absolute Gasteiger partial charge is 0.246 e. The third-order valence-electron chi connectivity index (χ3n) is 2.09. The van der Waals surface area contributed by atoms with Gasteiger partial charge in [0.2, 0.25) is 10.0 Å². The van der Waals surface area contributed by atoms with Crippen molar-refractivity contribution in [2.24, 2.45) is 0 Å². The average Bonchev–Trinajstić information content (AvgIpc) is 2.28. The van der Waals surface area contributed by atoms with Gasteiger partial charge in [-0.2, -0.15) is 4.31 Å². The molecule has 0 radical (unpaired) electrons. The van der Waals surface area contributed by atoms with Gasteiger partial charge < -0.3 is 5.11 Å². The molecule has 96 valence electrons. The molecule has 1 rings (SSSR count). The lowest BCUT2D eigenvalue weighted by Gasteiger charge is -2.19. The zero-order valence-electron chi connectivity index (χ0n) is 9.10. The second-order valence-corrected chi connectivity index (χ2v) is 6.34. The van der Waals surface area contributed by atoms with Gasteiger partial charge in [-0.3, -0.25) is 0 Å². The number of rotatable bonds is 5. The van der Waals surface area contributed by atoms with Gasteiger partial charge in [0, 0.05) is 23.8 Å². The molecule has 1 aromatic heterocycles. The van der Waals surface area contributed by atoms with Gasteiger partial charge in [0.25, 0.3) is 0 Å². The number of sulfonamides is 1. The van der Waals surface area contributed by atoms with Crippen molar-refractivity contribution in [2.45, 2.75) is 11.8 Å². The highest BCUT2D eigenvalue weighted by Gasteiger charge is 2.26. The Balaban J connectivity index is 3.24. The number of pyridine rings is 1. The number of hydrogen-bond donors (Lipinski definition) is 1. The van der Waals surface area contributed by atoms with Gasteiger partial charge in [0.1, 0.15) is 10.0 Å². The Morgan fingerprint density at radius 2 is 2.24 bits per heavy atom. The zero-order valence-corrected chi connectivity index (χ0v) is 12.3. The Kier molecular flexibility index (Phi) is 5.33. The van der Waals surface area contributed by atoms with E-state index in [1.54, 1.807) is 6.92 Å². The van der Waals surface area contributed by atoms with E-state index in [9.17, 15) is 8.42 Å². The SMILES string of the molecule is CCN(CCO)S(=O)(=O)c1cc(Br)cnc1Cl. The summed E-state index contributed by atoms with van der Waals surface area (Å²) in [7, 11) is -3.72. The van der Waals surface area contributed by atoms with E-state index < -0.39 is 10.0 Å². The van der Waals surface area contributed by atoms with E-state index in [1.165, 1.54) is 12.3 Å². The maximum atomic E-state index is 12.2. The molecule has 0 saturated carbocycles. The van der Waals surface area contributed by atoms with Crippen molar-refractivity contribution < 1.29 is 13.5 Å². The number of halogens is 2. The minimum absolute atomic E-state index is 0.0294. The maximum Gasteiger partial charge on any atom is 0.246 e. The first kappa shape index (κ1) is 14.8. The molecule has 0 spiro atoms. The Bertz CT molecular complexity index is 495. The fourth-order valence-electron chi connectivity index (χ4n) is 1.28. The molecule has 0 aliphatic rings. The number of aliphatic hydroxyl groups excluding tert-OH is 1. The van der Waals surface area contributed by atoms with Crippen molar-refractivity contribution in [2.75, 3.05) is 19.7 Å². The van der Waals surface area contributed by atoms with Crippen LogP contribution in [-0.4, -0.2) is 42.5 Å². The van der Waals surface area contributed by atoms with E-state index in [0.29, 0.717) is 4.47 Å². The summed E-state index contributed by atoms with van der Waals surface area (Å²) in [5.74, 6) is 0. The molecule has 0 fully saturated rings. The monoisotopic (exact) mass is 342 g/mol. The van der Waals surface area contributed by atoms with Crippen molar-refractivity contribution in [1.82, 2.24) is 9.29 Å². The lowest BCUT2D eigenvalue weighted by atomic mass is 10.5. The largest absolute Gasteiger partial charge is 0.395 e. The molecule has 1 heterocycles. The van der Waals surface area contributed by atoms with Crippen LogP contribution in [0.25, 0.3) is 0 Å². The van der Waals surface area contributed by atoms with Crippen LogP contribution in [0.3, 0.4) is 0 Å². The number of likely N-dealkylation sites (N-methyl/N-ethyl adjacent to an activating group) is 1. The fraction of sp³-hybridized carbons (Fsp3) is 0.444. The minimum atomic E-state index is -3.72. The topological polar surface area (TPSA) is 70.5 Å². The molecule has 5 nitrogen and oxygen atoms in total. The minimum Gasteiger partial charge on any atom is -0.395 e. The molecule has 0 unspecified atom stereocenters. The Morgan fingerprint density at radius 3 is 2.76 bits per heavy atom. The van der Waals surface area contributed by atoms with E-state index in [-0.39, 0.29) is 29.7 Å². The van der Waals surface area contributed by atoms with Crippen LogP contribution in [0.5, 0.6) is 0 Å². The summed E-state index contributed by atoms with van der Waals surface area (Å²) in [6.45, 7) is 1.73. The summed E-state index contributed by atoms with van der Waals surface area (Å²) in [5, 5.41) is 8.76. The van der Waals surface area contributed by atoms with Crippen LogP contribution in [0.4, 0.5) is 0 Å². The van der Waals surface area contributed by atoms with E-state index in [4.69, 9.17) is 16.7 Å². The van der Waals surface area contributed by atoms with Crippen LogP contribution >= 0.6 is 27.5 Å². The zero-order chi connectivity index (χ0) is 13.1. The summed E-state index contributed by atoms with van der Waals surface area (Å²) >= 11 is 8.93. The molecule has 1 N–H and O–H groups in total. The lowest BCUT2D eigenvalue weighted by Crippen LogP contribution is -2.33. The number of aromatic nitrogens is 1. The predicted octanol–water partition coefficient (Wildman–Crippen LogP) is 1.50. The average molecular weight is 344 g/mol. The van der Waals surface area contributed by atoms with E-state index in [2.05, 4.69) is 20.9 Å². The second-order valence-electron chi connectivity index (χ2n) is 3.16. The molecule has 0 aliphatic carbocycles. The second kappa shape index (κ2) is 6.10. The molecule has 0 saturated heterocycles. The lowest BCUT2D eigenvalue weighted by molar-refractivity contribution is 0.257. The molecule has 1 aromatic rings. The first-order valence-electron chi connectivity index (χ1n) is 4.85. The van der Waals surface area contributed by atoms with Crippen LogP contribution in [0, 0.1) is 0 Å². The highest BCUT2D eigenvalue weighted by atomic mass is 79.9. The number of hydrogen-bond acceptors (Lipinski definition) is 4. The van der Waals surface area contributed by atoms with Crippen molar-refractivity contribution in [3.05, 3.63) is 21.9 Å². The van der Waals surface area contributed by atoms with E-state index >= 15 is 0 Å². The van der Waals surface area contributed by atoms with Crippen LogP contribution in [0.15, 0.2) is 21.6 Å². The van der Waals surface area contributed by atoms with Crippen LogP contribution in [0.2, 0.25) is 5.15 Å². The fourth-order valence-corrected chi connectivity index (χ4v) is 3.64. The van der Waals surface area contributed by atoms with Gasteiger partial charge in [-0.25, -0.2) is 13.4 Å². The quantitative estimate of drug-likeness (QED) is 0.823. The molecular weight excluding hydrogens is 332 g/mol. The van der Waals surface area contributed by atoms with Gasteiger partial charge in [-0.15, -0.1) is 0 Å².